The molecule has 0 saturated carbocycles. The maximum absolute atomic E-state index is 13.4. The molecule has 1 atom stereocenters. The van der Waals surface area contributed by atoms with Crippen LogP contribution in [0.2, 0.25) is 0 Å². The van der Waals surface area contributed by atoms with Gasteiger partial charge in [0.15, 0.2) is 0 Å². The first-order valence-corrected chi connectivity index (χ1v) is 6.57. The van der Waals surface area contributed by atoms with E-state index in [0.29, 0.717) is 31.2 Å². The van der Waals surface area contributed by atoms with Crippen molar-refractivity contribution in [2.45, 2.75) is 12.8 Å². The molecule has 1 aromatic rings. The van der Waals surface area contributed by atoms with Crippen LogP contribution >= 0.6 is 0 Å². The van der Waals surface area contributed by atoms with E-state index < -0.39 is 0 Å². The van der Waals surface area contributed by atoms with Crippen LogP contribution in [0.15, 0.2) is 18.2 Å². The van der Waals surface area contributed by atoms with Crippen molar-refractivity contribution in [2.24, 2.45) is 5.92 Å². The minimum Gasteiger partial charge on any atom is -0.490 e. The first-order chi connectivity index (χ1) is 9.25. The third-order valence-corrected chi connectivity index (χ3v) is 3.56. The largest absolute Gasteiger partial charge is 0.490 e. The summed E-state index contributed by atoms with van der Waals surface area (Å²) in [5.74, 6) is 0.0949. The molecule has 0 aromatic heterocycles. The molecule has 1 aromatic carbocycles. The van der Waals surface area contributed by atoms with E-state index in [1.807, 2.05) is 0 Å². The fourth-order valence-corrected chi connectivity index (χ4v) is 2.58. The highest BCUT2D eigenvalue weighted by Gasteiger charge is 2.31. The van der Waals surface area contributed by atoms with E-state index in [2.05, 4.69) is 0 Å². The minimum absolute atomic E-state index is 0.00912. The Balaban J connectivity index is 1.86. The number of anilines is 1. The third-order valence-electron chi connectivity index (χ3n) is 3.56. The number of fused-ring (bicyclic) bond motifs is 1. The number of hydrogen-bond acceptors (Lipinski definition) is 3. The fraction of sp³-hybridized carbons (Fsp3) is 0.500. The summed E-state index contributed by atoms with van der Waals surface area (Å²) in [6, 6.07) is 4.27. The average molecular weight is 265 g/mol. The molecule has 4 nitrogen and oxygen atoms in total. The van der Waals surface area contributed by atoms with Gasteiger partial charge in [-0.3, -0.25) is 4.79 Å². The molecule has 5 heteroatoms. The number of hydrogen-bond donors (Lipinski definition) is 0. The molecule has 2 aliphatic rings. The Morgan fingerprint density at radius 1 is 1.37 bits per heavy atom. The summed E-state index contributed by atoms with van der Waals surface area (Å²) >= 11 is 0. The number of halogens is 1. The second-order valence-corrected chi connectivity index (χ2v) is 4.86. The van der Waals surface area contributed by atoms with Crippen LogP contribution in [0.4, 0.5) is 10.1 Å². The molecule has 0 bridgehead atoms. The highest BCUT2D eigenvalue weighted by atomic mass is 19.1. The topological polar surface area (TPSA) is 38.8 Å². The zero-order valence-corrected chi connectivity index (χ0v) is 10.6. The molecule has 2 heterocycles. The molecule has 0 spiro atoms. The molecule has 0 N–H and O–H groups in total. The Hall–Kier alpha value is -1.62. The normalized spacial score (nSPS) is 22.6. The van der Waals surface area contributed by atoms with Crippen LogP contribution in [0.1, 0.15) is 12.8 Å². The van der Waals surface area contributed by atoms with Gasteiger partial charge in [-0.2, -0.15) is 0 Å². The zero-order chi connectivity index (χ0) is 13.2. The maximum Gasteiger partial charge on any atom is 0.232 e. The summed E-state index contributed by atoms with van der Waals surface area (Å²) in [5, 5.41) is 0. The van der Waals surface area contributed by atoms with Crippen molar-refractivity contribution < 1.29 is 18.7 Å². The minimum atomic E-state index is -0.359. The number of carbonyl (C=O) groups is 1. The molecule has 2 aliphatic heterocycles. The Morgan fingerprint density at radius 2 is 2.26 bits per heavy atom. The van der Waals surface area contributed by atoms with Gasteiger partial charge in [-0.1, -0.05) is 0 Å². The van der Waals surface area contributed by atoms with Crippen LogP contribution in [0.25, 0.3) is 0 Å². The van der Waals surface area contributed by atoms with E-state index in [-0.39, 0.29) is 17.6 Å². The number of ether oxygens (including phenoxy) is 2. The third kappa shape index (κ3) is 2.42. The van der Waals surface area contributed by atoms with Crippen molar-refractivity contribution in [1.82, 2.24) is 0 Å². The molecular formula is C14H16FNO3. The predicted molar refractivity (Wildman–Crippen MR) is 67.8 cm³/mol. The van der Waals surface area contributed by atoms with E-state index in [9.17, 15) is 9.18 Å². The fourth-order valence-electron chi connectivity index (χ4n) is 2.58. The van der Waals surface area contributed by atoms with Crippen LogP contribution in [0.5, 0.6) is 5.75 Å². The van der Waals surface area contributed by atoms with Crippen LogP contribution in [-0.4, -0.2) is 32.3 Å². The van der Waals surface area contributed by atoms with E-state index >= 15 is 0 Å². The molecule has 3 rings (SSSR count). The van der Waals surface area contributed by atoms with Crippen molar-refractivity contribution in [3.05, 3.63) is 24.0 Å². The SMILES string of the molecule is O=C(C1CCCOC1)N1CCOc2ccc(F)cc21. The van der Waals surface area contributed by atoms with Crippen molar-refractivity contribution in [3.8, 4) is 5.75 Å². The first-order valence-electron chi connectivity index (χ1n) is 6.57. The molecule has 0 aliphatic carbocycles. The summed E-state index contributed by atoms with van der Waals surface area (Å²) in [6.45, 7) is 2.09. The molecule has 1 saturated heterocycles. The van der Waals surface area contributed by atoms with Crippen molar-refractivity contribution in [3.63, 3.8) is 0 Å². The zero-order valence-electron chi connectivity index (χ0n) is 10.6. The van der Waals surface area contributed by atoms with Crippen LogP contribution in [0.3, 0.4) is 0 Å². The molecule has 1 unspecified atom stereocenters. The van der Waals surface area contributed by atoms with E-state index in [1.54, 1.807) is 11.0 Å². The standard InChI is InChI=1S/C14H16FNO3/c15-11-3-4-13-12(8-11)16(5-7-19-13)14(17)10-2-1-6-18-9-10/h3-4,8,10H,1-2,5-7,9H2. The van der Waals surface area contributed by atoms with Crippen molar-refractivity contribution in [2.75, 3.05) is 31.3 Å². The van der Waals surface area contributed by atoms with Gasteiger partial charge in [0, 0.05) is 12.7 Å². The molecule has 102 valence electrons. The summed E-state index contributed by atoms with van der Waals surface area (Å²) in [4.78, 5) is 14.1. The molecule has 19 heavy (non-hydrogen) atoms. The van der Waals surface area contributed by atoms with Gasteiger partial charge in [-0.25, -0.2) is 4.39 Å². The van der Waals surface area contributed by atoms with Gasteiger partial charge in [0.1, 0.15) is 18.2 Å². The van der Waals surface area contributed by atoms with E-state index in [0.717, 1.165) is 19.4 Å². The monoisotopic (exact) mass is 265 g/mol. The lowest BCUT2D eigenvalue weighted by Crippen LogP contribution is -2.43. The van der Waals surface area contributed by atoms with Crippen molar-refractivity contribution in [1.29, 1.82) is 0 Å². The first kappa shape index (κ1) is 12.4. The second-order valence-electron chi connectivity index (χ2n) is 4.86. The molecule has 1 amide bonds. The lowest BCUT2D eigenvalue weighted by atomic mass is 10.00. The summed E-state index contributed by atoms with van der Waals surface area (Å²) < 4.78 is 24.2. The Bertz CT molecular complexity index is 486. The lowest BCUT2D eigenvalue weighted by Gasteiger charge is -2.33. The van der Waals surface area contributed by atoms with Gasteiger partial charge in [0.2, 0.25) is 5.91 Å². The highest BCUT2D eigenvalue weighted by molar-refractivity contribution is 5.97. The summed E-state index contributed by atoms with van der Waals surface area (Å²) in [7, 11) is 0. The quantitative estimate of drug-likeness (QED) is 0.779. The number of rotatable bonds is 1. The van der Waals surface area contributed by atoms with Gasteiger partial charge in [0.25, 0.3) is 0 Å². The Kier molecular flexibility index (Phi) is 3.38. The van der Waals surface area contributed by atoms with Gasteiger partial charge < -0.3 is 14.4 Å². The average Bonchev–Trinajstić information content (AvgIpc) is 2.47. The summed E-state index contributed by atoms with van der Waals surface area (Å²) in [6.07, 6.45) is 1.73. The van der Waals surface area contributed by atoms with Gasteiger partial charge in [-0.15, -0.1) is 0 Å². The number of amides is 1. The van der Waals surface area contributed by atoms with Gasteiger partial charge in [-0.05, 0) is 25.0 Å². The number of benzene rings is 1. The van der Waals surface area contributed by atoms with Gasteiger partial charge in [0.05, 0.1) is 24.8 Å². The van der Waals surface area contributed by atoms with Gasteiger partial charge >= 0.3 is 0 Å². The van der Waals surface area contributed by atoms with Crippen LogP contribution < -0.4 is 9.64 Å². The number of nitrogens with zero attached hydrogens (tertiary/aromatic N) is 1. The van der Waals surface area contributed by atoms with Crippen molar-refractivity contribution >= 4 is 11.6 Å². The smallest absolute Gasteiger partial charge is 0.232 e. The predicted octanol–water partition coefficient (Wildman–Crippen LogP) is 1.98. The number of carbonyl (C=O) groups excluding carboxylic acids is 1. The lowest BCUT2D eigenvalue weighted by molar-refractivity contribution is -0.126. The molecular weight excluding hydrogens is 249 g/mol. The van der Waals surface area contributed by atoms with E-state index in [1.165, 1.54) is 12.1 Å². The summed E-state index contributed by atoms with van der Waals surface area (Å²) in [5.41, 5.74) is 0.529. The highest BCUT2D eigenvalue weighted by Crippen LogP contribution is 2.33. The van der Waals surface area contributed by atoms with Crippen LogP contribution in [-0.2, 0) is 9.53 Å². The molecule has 0 radical (unpaired) electrons. The second kappa shape index (κ2) is 5.17. The van der Waals surface area contributed by atoms with E-state index in [4.69, 9.17) is 9.47 Å². The maximum atomic E-state index is 13.4. The molecule has 1 fully saturated rings. The van der Waals surface area contributed by atoms with Crippen LogP contribution in [0, 0.1) is 11.7 Å². The Labute approximate surface area is 111 Å². The Morgan fingerprint density at radius 3 is 3.05 bits per heavy atom.